The van der Waals surface area contributed by atoms with Gasteiger partial charge in [0.05, 0.1) is 12.1 Å². The molecule has 182 valence electrons. The van der Waals surface area contributed by atoms with Crippen molar-refractivity contribution in [2.75, 3.05) is 5.75 Å². The highest BCUT2D eigenvalue weighted by Crippen LogP contribution is 2.19. The second-order valence-electron chi connectivity index (χ2n) is 8.93. The Bertz CT molecular complexity index is 671. The number of hydrogen-bond donors (Lipinski definition) is 0. The third kappa shape index (κ3) is 11.8. The molecule has 32 heavy (non-hydrogen) atoms. The lowest BCUT2D eigenvalue weighted by Gasteiger charge is -2.06. The number of nitrogens with zero attached hydrogens (tertiary/aromatic N) is 2. The molecule has 1 aromatic heterocycles. The van der Waals surface area contributed by atoms with E-state index in [2.05, 4.69) is 77.5 Å². The van der Waals surface area contributed by atoms with Gasteiger partial charge in [-0.05, 0) is 37.1 Å². The Hall–Kier alpha value is -0.930. The Morgan fingerprint density at radius 3 is 1.91 bits per heavy atom. The van der Waals surface area contributed by atoms with Crippen molar-refractivity contribution < 1.29 is 17.0 Å². The van der Waals surface area contributed by atoms with Gasteiger partial charge in [0.15, 0.2) is 0 Å². The summed E-state index contributed by atoms with van der Waals surface area (Å²) in [6.07, 6.45) is 24.0. The molecule has 0 radical (unpaired) electrons. The van der Waals surface area contributed by atoms with Crippen LogP contribution in [0.3, 0.4) is 0 Å². The molecular weight excluding hydrogens is 432 g/mol. The Balaban J connectivity index is 0.00000512. The molecule has 2 aromatic rings. The van der Waals surface area contributed by atoms with E-state index in [0.717, 1.165) is 12.4 Å². The normalized spacial score (nSPS) is 10.9. The molecule has 0 atom stereocenters. The first-order valence-electron chi connectivity index (χ1n) is 13.1. The predicted molar refractivity (Wildman–Crippen MR) is 139 cm³/mol. The largest absolute Gasteiger partial charge is 1.00 e. The fraction of sp³-hybridized carbons (Fsp3) is 0.679. The molecule has 0 aliphatic carbocycles. The highest BCUT2D eigenvalue weighted by atomic mass is 35.5. The van der Waals surface area contributed by atoms with Gasteiger partial charge in [0, 0.05) is 0 Å². The van der Waals surface area contributed by atoms with Gasteiger partial charge in [-0.25, -0.2) is 9.13 Å². The van der Waals surface area contributed by atoms with Gasteiger partial charge in [-0.2, -0.15) is 0 Å². The Labute approximate surface area is 209 Å². The van der Waals surface area contributed by atoms with E-state index in [1.165, 1.54) is 107 Å². The van der Waals surface area contributed by atoms with Crippen molar-refractivity contribution in [3.8, 4) is 11.4 Å². The summed E-state index contributed by atoms with van der Waals surface area (Å²) in [5.74, 6) is 3.70. The molecule has 0 aliphatic rings. The molecule has 0 unspecified atom stereocenters. The topological polar surface area (TPSA) is 8.81 Å². The van der Waals surface area contributed by atoms with Crippen LogP contribution in [0.5, 0.6) is 0 Å². The van der Waals surface area contributed by atoms with Crippen molar-refractivity contribution >= 4 is 11.8 Å². The molecule has 2 nitrogen and oxygen atoms in total. The summed E-state index contributed by atoms with van der Waals surface area (Å²) in [5, 5.41) is 0. The van der Waals surface area contributed by atoms with E-state index < -0.39 is 0 Å². The third-order valence-electron chi connectivity index (χ3n) is 6.13. The zero-order valence-electron chi connectivity index (χ0n) is 20.7. The average molecular weight is 479 g/mol. The SMILES string of the molecule is CCCCCCCCCCCCn1cc[n+](CSCCCCCC)c1-c1ccccc1.[Cl-]. The quantitative estimate of drug-likeness (QED) is 0.187. The number of rotatable bonds is 19. The Morgan fingerprint density at radius 1 is 0.719 bits per heavy atom. The standard InChI is InChI=1S/C28H47N2S.ClH/c1-3-5-7-9-10-11-12-13-14-18-22-29-23-24-30(26-31-25-19-8-6-4-2)28(29)27-20-16-15-17-21-27;/h15-17,20-21,23-24H,3-14,18-19,22,25-26H2,1-2H3;1H/q+1;/p-1. The first-order chi connectivity index (χ1) is 15.4. The van der Waals surface area contributed by atoms with Crippen LogP contribution in [0, 0.1) is 0 Å². The molecule has 0 spiro atoms. The van der Waals surface area contributed by atoms with Crippen molar-refractivity contribution in [3.05, 3.63) is 42.7 Å². The monoisotopic (exact) mass is 478 g/mol. The van der Waals surface area contributed by atoms with Crippen LogP contribution < -0.4 is 17.0 Å². The van der Waals surface area contributed by atoms with Crippen LogP contribution in [0.2, 0.25) is 0 Å². The third-order valence-corrected chi connectivity index (χ3v) is 7.17. The molecule has 0 fully saturated rings. The second kappa shape index (κ2) is 19.5. The van der Waals surface area contributed by atoms with E-state index in [9.17, 15) is 0 Å². The van der Waals surface area contributed by atoms with Gasteiger partial charge in [-0.1, -0.05) is 103 Å². The van der Waals surface area contributed by atoms with E-state index in [1.54, 1.807) is 0 Å². The van der Waals surface area contributed by atoms with Gasteiger partial charge >= 0.3 is 0 Å². The number of thioether (sulfide) groups is 1. The maximum Gasteiger partial charge on any atom is 0.289 e. The lowest BCUT2D eigenvalue weighted by Crippen LogP contribution is -3.00. The summed E-state index contributed by atoms with van der Waals surface area (Å²) in [6.45, 7) is 5.71. The van der Waals surface area contributed by atoms with Crippen LogP contribution in [0.25, 0.3) is 11.4 Å². The minimum absolute atomic E-state index is 0. The summed E-state index contributed by atoms with van der Waals surface area (Å²) in [4.78, 5) is 0. The van der Waals surface area contributed by atoms with Crippen LogP contribution in [-0.4, -0.2) is 10.3 Å². The molecule has 0 N–H and O–H groups in total. The number of halogens is 1. The zero-order chi connectivity index (χ0) is 22.0. The van der Waals surface area contributed by atoms with Crippen molar-refractivity contribution in [2.45, 2.75) is 116 Å². The molecule has 4 heteroatoms. The van der Waals surface area contributed by atoms with Crippen molar-refractivity contribution in [2.24, 2.45) is 0 Å². The van der Waals surface area contributed by atoms with E-state index in [4.69, 9.17) is 0 Å². The van der Waals surface area contributed by atoms with Gasteiger partial charge in [0.2, 0.25) is 0 Å². The highest BCUT2D eigenvalue weighted by Gasteiger charge is 2.18. The van der Waals surface area contributed by atoms with E-state index >= 15 is 0 Å². The van der Waals surface area contributed by atoms with Crippen LogP contribution in [0.4, 0.5) is 0 Å². The summed E-state index contributed by atoms with van der Waals surface area (Å²) in [6, 6.07) is 11.0. The maximum absolute atomic E-state index is 2.48. The first kappa shape index (κ1) is 29.1. The van der Waals surface area contributed by atoms with Crippen molar-refractivity contribution in [1.29, 1.82) is 0 Å². The van der Waals surface area contributed by atoms with Gasteiger partial charge in [-0.15, -0.1) is 11.8 Å². The zero-order valence-corrected chi connectivity index (χ0v) is 22.3. The molecular formula is C28H47ClN2S. The van der Waals surface area contributed by atoms with E-state index in [-0.39, 0.29) is 12.4 Å². The number of aryl methyl sites for hydroxylation is 1. The maximum atomic E-state index is 2.48. The predicted octanol–water partition coefficient (Wildman–Crippen LogP) is 5.64. The number of aromatic nitrogens is 2. The molecule has 0 aliphatic heterocycles. The molecule has 1 aromatic carbocycles. The number of benzene rings is 1. The van der Waals surface area contributed by atoms with Crippen LogP contribution in [0.1, 0.15) is 104 Å². The fourth-order valence-electron chi connectivity index (χ4n) is 4.23. The van der Waals surface area contributed by atoms with Gasteiger partial charge in [0.1, 0.15) is 18.3 Å². The molecule has 0 amide bonds. The summed E-state index contributed by atoms with van der Waals surface area (Å²) in [7, 11) is 0. The molecule has 2 rings (SSSR count). The first-order valence-corrected chi connectivity index (χ1v) is 14.2. The minimum Gasteiger partial charge on any atom is -1.00 e. The molecule has 0 saturated carbocycles. The summed E-state index contributed by atoms with van der Waals surface area (Å²) >= 11 is 2.07. The summed E-state index contributed by atoms with van der Waals surface area (Å²) < 4.78 is 4.94. The van der Waals surface area contributed by atoms with Crippen molar-refractivity contribution in [3.63, 3.8) is 0 Å². The number of imidazole rings is 1. The van der Waals surface area contributed by atoms with Gasteiger partial charge in [0.25, 0.3) is 5.82 Å². The van der Waals surface area contributed by atoms with Gasteiger partial charge < -0.3 is 12.4 Å². The Kier molecular flexibility index (Phi) is 17.8. The summed E-state index contributed by atoms with van der Waals surface area (Å²) in [5.41, 5.74) is 1.34. The number of hydrogen-bond acceptors (Lipinski definition) is 1. The van der Waals surface area contributed by atoms with E-state index in [1.807, 2.05) is 0 Å². The average Bonchev–Trinajstić information content (AvgIpc) is 3.20. The van der Waals surface area contributed by atoms with E-state index in [0.29, 0.717) is 0 Å². The molecule has 0 saturated heterocycles. The smallest absolute Gasteiger partial charge is 0.289 e. The lowest BCUT2D eigenvalue weighted by atomic mass is 10.1. The van der Waals surface area contributed by atoms with Crippen LogP contribution in [0.15, 0.2) is 42.7 Å². The Morgan fingerprint density at radius 2 is 1.28 bits per heavy atom. The highest BCUT2D eigenvalue weighted by molar-refractivity contribution is 7.98. The van der Waals surface area contributed by atoms with Gasteiger partial charge in [-0.3, -0.25) is 0 Å². The minimum atomic E-state index is 0. The molecule has 0 bridgehead atoms. The van der Waals surface area contributed by atoms with Crippen LogP contribution in [-0.2, 0) is 12.4 Å². The second-order valence-corrected chi connectivity index (χ2v) is 10.0. The molecule has 1 heterocycles. The fourth-order valence-corrected chi connectivity index (χ4v) is 5.18. The van der Waals surface area contributed by atoms with Crippen LogP contribution >= 0.6 is 11.8 Å². The number of unbranched alkanes of at least 4 members (excludes halogenated alkanes) is 12. The van der Waals surface area contributed by atoms with Crippen molar-refractivity contribution in [1.82, 2.24) is 4.57 Å². The lowest BCUT2D eigenvalue weighted by molar-refractivity contribution is -0.664.